The van der Waals surface area contributed by atoms with Gasteiger partial charge in [-0.2, -0.15) is 0 Å². The first kappa shape index (κ1) is 15.9. The minimum Gasteiger partial charge on any atom is -0.493 e. The van der Waals surface area contributed by atoms with Crippen LogP contribution in [0.3, 0.4) is 0 Å². The summed E-state index contributed by atoms with van der Waals surface area (Å²) in [4.78, 5) is 0. The summed E-state index contributed by atoms with van der Waals surface area (Å²) >= 11 is 0. The molecule has 2 aromatic carbocycles. The van der Waals surface area contributed by atoms with Crippen molar-refractivity contribution in [2.24, 2.45) is 11.7 Å². The predicted molar refractivity (Wildman–Crippen MR) is 92.7 cm³/mol. The maximum Gasteiger partial charge on any atom is 0.161 e. The first-order chi connectivity index (χ1) is 11.3. The van der Waals surface area contributed by atoms with Gasteiger partial charge in [-0.3, -0.25) is 0 Å². The van der Waals surface area contributed by atoms with Gasteiger partial charge >= 0.3 is 0 Å². The van der Waals surface area contributed by atoms with Crippen molar-refractivity contribution in [1.82, 2.24) is 0 Å². The van der Waals surface area contributed by atoms with Gasteiger partial charge in [0.2, 0.25) is 0 Å². The largest absolute Gasteiger partial charge is 0.493 e. The fourth-order valence-corrected chi connectivity index (χ4v) is 3.33. The number of rotatable bonds is 6. The lowest BCUT2D eigenvalue weighted by Gasteiger charge is -2.20. The molecule has 1 aliphatic rings. The first-order valence-electron chi connectivity index (χ1n) is 8.38. The zero-order valence-corrected chi connectivity index (χ0v) is 13.7. The maximum atomic E-state index is 6.44. The van der Waals surface area contributed by atoms with E-state index in [-0.39, 0.29) is 6.04 Å². The third-order valence-electron chi connectivity index (χ3n) is 4.72. The lowest BCUT2D eigenvalue weighted by Crippen LogP contribution is -2.19. The summed E-state index contributed by atoms with van der Waals surface area (Å²) in [6.45, 7) is 0.533. The Morgan fingerprint density at radius 1 is 1.04 bits per heavy atom. The molecule has 0 amide bonds. The third-order valence-corrected chi connectivity index (χ3v) is 4.72. The van der Waals surface area contributed by atoms with Crippen LogP contribution in [0.2, 0.25) is 0 Å². The Bertz CT molecular complexity index is 621. The Morgan fingerprint density at radius 2 is 1.78 bits per heavy atom. The Balaban J connectivity index is 1.71. The second-order valence-electron chi connectivity index (χ2n) is 6.25. The number of ether oxygens (including phenoxy) is 2. The average Bonchev–Trinajstić information content (AvgIpc) is 3.14. The Kier molecular flexibility index (Phi) is 5.19. The molecule has 23 heavy (non-hydrogen) atoms. The lowest BCUT2D eigenvalue weighted by atomic mass is 9.92. The van der Waals surface area contributed by atoms with Crippen LogP contribution in [-0.4, -0.2) is 7.11 Å². The molecule has 1 saturated carbocycles. The monoisotopic (exact) mass is 311 g/mol. The molecule has 2 N–H and O–H groups in total. The van der Waals surface area contributed by atoms with Gasteiger partial charge in [-0.1, -0.05) is 49.2 Å². The first-order valence-corrected chi connectivity index (χ1v) is 8.38. The zero-order chi connectivity index (χ0) is 16.1. The van der Waals surface area contributed by atoms with Crippen molar-refractivity contribution in [3.05, 3.63) is 59.7 Å². The third kappa shape index (κ3) is 3.85. The van der Waals surface area contributed by atoms with Gasteiger partial charge in [-0.15, -0.1) is 0 Å². The Labute approximate surface area is 138 Å². The summed E-state index contributed by atoms with van der Waals surface area (Å²) in [6, 6.07) is 16.3. The van der Waals surface area contributed by atoms with E-state index in [2.05, 4.69) is 18.2 Å². The van der Waals surface area contributed by atoms with Gasteiger partial charge in [0.25, 0.3) is 0 Å². The van der Waals surface area contributed by atoms with Gasteiger partial charge in [-0.05, 0) is 42.0 Å². The molecule has 0 saturated heterocycles. The molecule has 122 valence electrons. The van der Waals surface area contributed by atoms with E-state index in [4.69, 9.17) is 15.2 Å². The van der Waals surface area contributed by atoms with Crippen LogP contribution in [0.15, 0.2) is 48.5 Å². The van der Waals surface area contributed by atoms with Crippen LogP contribution >= 0.6 is 0 Å². The van der Waals surface area contributed by atoms with Gasteiger partial charge in [-0.25, -0.2) is 0 Å². The molecule has 2 aromatic rings. The van der Waals surface area contributed by atoms with Crippen molar-refractivity contribution in [3.8, 4) is 11.5 Å². The smallest absolute Gasteiger partial charge is 0.161 e. The van der Waals surface area contributed by atoms with Crippen LogP contribution in [0.1, 0.15) is 42.9 Å². The van der Waals surface area contributed by atoms with Crippen molar-refractivity contribution in [2.75, 3.05) is 7.11 Å². The van der Waals surface area contributed by atoms with E-state index in [9.17, 15) is 0 Å². The molecule has 0 bridgehead atoms. The summed E-state index contributed by atoms with van der Waals surface area (Å²) in [6.07, 6.45) is 5.06. The highest BCUT2D eigenvalue weighted by Gasteiger charge is 2.24. The van der Waals surface area contributed by atoms with Crippen LogP contribution in [0.5, 0.6) is 11.5 Å². The topological polar surface area (TPSA) is 44.5 Å². The average molecular weight is 311 g/mol. The van der Waals surface area contributed by atoms with E-state index in [0.717, 1.165) is 22.6 Å². The minimum absolute atomic E-state index is 0.0922. The molecule has 0 aromatic heterocycles. The van der Waals surface area contributed by atoms with Gasteiger partial charge in [0.15, 0.2) is 11.5 Å². The second-order valence-corrected chi connectivity index (χ2v) is 6.25. The van der Waals surface area contributed by atoms with E-state index >= 15 is 0 Å². The number of hydrogen-bond donors (Lipinski definition) is 1. The van der Waals surface area contributed by atoms with E-state index in [1.807, 2.05) is 30.3 Å². The molecule has 1 atom stereocenters. The molecule has 0 radical (unpaired) electrons. The van der Waals surface area contributed by atoms with Crippen molar-refractivity contribution >= 4 is 0 Å². The molecule has 3 nitrogen and oxygen atoms in total. The van der Waals surface area contributed by atoms with Crippen molar-refractivity contribution in [3.63, 3.8) is 0 Å². The molecule has 0 unspecified atom stereocenters. The molecule has 1 aliphatic carbocycles. The molecule has 1 fully saturated rings. The number of methoxy groups -OCH3 is 1. The van der Waals surface area contributed by atoms with Crippen molar-refractivity contribution < 1.29 is 9.47 Å². The van der Waals surface area contributed by atoms with Gasteiger partial charge < -0.3 is 15.2 Å². The molecule has 0 aliphatic heterocycles. The molecule has 3 rings (SSSR count). The number of nitrogens with two attached hydrogens (primary N) is 1. The predicted octanol–water partition coefficient (Wildman–Crippen LogP) is 4.46. The van der Waals surface area contributed by atoms with Crippen LogP contribution < -0.4 is 15.2 Å². The van der Waals surface area contributed by atoms with Gasteiger partial charge in [0, 0.05) is 6.04 Å². The van der Waals surface area contributed by atoms with E-state index < -0.39 is 0 Å². The highest BCUT2D eigenvalue weighted by Crippen LogP contribution is 2.37. The zero-order valence-electron chi connectivity index (χ0n) is 13.7. The second kappa shape index (κ2) is 7.51. The fourth-order valence-electron chi connectivity index (χ4n) is 3.33. The SMILES string of the molecule is COc1cc([C@@H](N)C2CCCC2)ccc1OCc1ccccc1. The Hall–Kier alpha value is -2.00. The number of benzene rings is 2. The summed E-state index contributed by atoms with van der Waals surface area (Å²) in [5.74, 6) is 2.11. The minimum atomic E-state index is 0.0922. The van der Waals surface area contributed by atoms with Crippen molar-refractivity contribution in [1.29, 1.82) is 0 Å². The van der Waals surface area contributed by atoms with Crippen molar-refractivity contribution in [2.45, 2.75) is 38.3 Å². The van der Waals surface area contributed by atoms with Gasteiger partial charge in [0.1, 0.15) is 6.61 Å². The van der Waals surface area contributed by atoms with Gasteiger partial charge in [0.05, 0.1) is 7.11 Å². The molecule has 0 spiro atoms. The fraction of sp³-hybridized carbons (Fsp3) is 0.400. The molecule has 0 heterocycles. The van der Waals surface area contributed by atoms with Crippen LogP contribution in [0.4, 0.5) is 0 Å². The highest BCUT2D eigenvalue weighted by atomic mass is 16.5. The van der Waals surface area contributed by atoms with Crippen LogP contribution in [0, 0.1) is 5.92 Å². The summed E-state index contributed by atoms with van der Waals surface area (Å²) in [5.41, 5.74) is 8.72. The Morgan fingerprint density at radius 3 is 2.48 bits per heavy atom. The maximum absolute atomic E-state index is 6.44. The van der Waals surface area contributed by atoms with E-state index in [1.54, 1.807) is 7.11 Å². The summed E-state index contributed by atoms with van der Waals surface area (Å²) < 4.78 is 11.4. The van der Waals surface area contributed by atoms with Crippen LogP contribution in [0.25, 0.3) is 0 Å². The standard InChI is InChI=1S/C20H25NO2/c1-22-19-13-17(20(21)16-9-5-6-10-16)11-12-18(19)23-14-15-7-3-2-4-8-15/h2-4,7-8,11-13,16,20H,5-6,9-10,14,21H2,1H3/t20-/m0/s1. The lowest BCUT2D eigenvalue weighted by molar-refractivity contribution is 0.284. The molecular weight excluding hydrogens is 286 g/mol. The quantitative estimate of drug-likeness (QED) is 0.856. The molecule has 3 heteroatoms. The highest BCUT2D eigenvalue weighted by molar-refractivity contribution is 5.44. The summed E-state index contributed by atoms with van der Waals surface area (Å²) in [5, 5.41) is 0. The number of hydrogen-bond acceptors (Lipinski definition) is 3. The molecular formula is C20H25NO2. The van der Waals surface area contributed by atoms with E-state index in [1.165, 1.54) is 25.7 Å². The summed E-state index contributed by atoms with van der Waals surface area (Å²) in [7, 11) is 1.68. The van der Waals surface area contributed by atoms with E-state index in [0.29, 0.717) is 12.5 Å². The normalized spacial score (nSPS) is 16.3. The van der Waals surface area contributed by atoms with Crippen LogP contribution in [-0.2, 0) is 6.61 Å².